The third kappa shape index (κ3) is 5.38. The number of pyridine rings is 1. The van der Waals surface area contributed by atoms with Crippen LogP contribution >= 0.6 is 0 Å². The number of aliphatic hydroxyl groups excluding tert-OH is 2. The van der Waals surface area contributed by atoms with Crippen molar-refractivity contribution >= 4 is 0 Å². The van der Waals surface area contributed by atoms with E-state index < -0.39 is 12.2 Å². The molecule has 2 rings (SSSR count). The van der Waals surface area contributed by atoms with Gasteiger partial charge in [-0.3, -0.25) is 4.98 Å². The molecule has 0 saturated heterocycles. The molecule has 0 aromatic carbocycles. The highest BCUT2D eigenvalue weighted by Crippen LogP contribution is 2.28. The zero-order valence-corrected chi connectivity index (χ0v) is 12.7. The smallest absolute Gasteiger partial charge is 0.0949 e. The quantitative estimate of drug-likeness (QED) is 0.718. The molecule has 1 saturated carbocycles. The summed E-state index contributed by atoms with van der Waals surface area (Å²) < 4.78 is 0. The Morgan fingerprint density at radius 1 is 1.19 bits per heavy atom. The highest BCUT2D eigenvalue weighted by atomic mass is 16.3. The predicted octanol–water partition coefficient (Wildman–Crippen LogP) is 2.03. The fraction of sp³-hybridized carbons (Fsp3) is 0.706. The molecule has 0 aliphatic heterocycles. The number of nitrogens with two attached hydrogens (primary N) is 1. The van der Waals surface area contributed by atoms with Gasteiger partial charge in [-0.05, 0) is 37.3 Å². The molecular formula is C17H28N2O2. The number of aryl methyl sites for hydroxylation is 1. The van der Waals surface area contributed by atoms with Crippen LogP contribution in [-0.4, -0.2) is 33.4 Å². The topological polar surface area (TPSA) is 79.4 Å². The van der Waals surface area contributed by atoms with E-state index in [0.717, 1.165) is 12.1 Å². The first kappa shape index (κ1) is 16.4. The van der Waals surface area contributed by atoms with E-state index in [-0.39, 0.29) is 6.04 Å². The third-order valence-corrected chi connectivity index (χ3v) is 4.59. The van der Waals surface area contributed by atoms with Crippen molar-refractivity contribution in [2.45, 2.75) is 69.6 Å². The molecule has 3 atom stereocenters. The highest BCUT2D eigenvalue weighted by Gasteiger charge is 2.26. The zero-order valence-electron chi connectivity index (χ0n) is 12.7. The van der Waals surface area contributed by atoms with Gasteiger partial charge in [-0.2, -0.15) is 0 Å². The van der Waals surface area contributed by atoms with Crippen LogP contribution in [-0.2, 0) is 6.42 Å². The third-order valence-electron chi connectivity index (χ3n) is 4.59. The van der Waals surface area contributed by atoms with E-state index in [1.54, 1.807) is 6.20 Å². The fourth-order valence-corrected chi connectivity index (χ4v) is 3.25. The number of rotatable bonds is 7. The van der Waals surface area contributed by atoms with Gasteiger partial charge in [0.05, 0.1) is 12.2 Å². The summed E-state index contributed by atoms with van der Waals surface area (Å²) in [7, 11) is 0. The molecular weight excluding hydrogens is 264 g/mol. The van der Waals surface area contributed by atoms with Crippen molar-refractivity contribution in [2.75, 3.05) is 0 Å². The molecule has 118 valence electrons. The van der Waals surface area contributed by atoms with Gasteiger partial charge in [-0.1, -0.05) is 38.2 Å². The van der Waals surface area contributed by atoms with Crippen molar-refractivity contribution in [3.05, 3.63) is 30.1 Å². The van der Waals surface area contributed by atoms with Crippen LogP contribution in [0.3, 0.4) is 0 Å². The van der Waals surface area contributed by atoms with Crippen LogP contribution in [0.1, 0.15) is 50.6 Å². The highest BCUT2D eigenvalue weighted by molar-refractivity contribution is 5.03. The Labute approximate surface area is 127 Å². The van der Waals surface area contributed by atoms with E-state index in [0.29, 0.717) is 18.8 Å². The summed E-state index contributed by atoms with van der Waals surface area (Å²) in [5, 5.41) is 20.3. The zero-order chi connectivity index (χ0) is 15.1. The molecule has 0 amide bonds. The van der Waals surface area contributed by atoms with Crippen LogP contribution in [0, 0.1) is 5.92 Å². The van der Waals surface area contributed by atoms with Gasteiger partial charge in [0.15, 0.2) is 0 Å². The molecule has 1 heterocycles. The van der Waals surface area contributed by atoms with Gasteiger partial charge < -0.3 is 15.9 Å². The Morgan fingerprint density at radius 3 is 2.62 bits per heavy atom. The van der Waals surface area contributed by atoms with Crippen molar-refractivity contribution in [1.29, 1.82) is 0 Å². The monoisotopic (exact) mass is 292 g/mol. The van der Waals surface area contributed by atoms with Gasteiger partial charge in [0.2, 0.25) is 0 Å². The number of hydrogen-bond acceptors (Lipinski definition) is 4. The maximum Gasteiger partial charge on any atom is 0.0949 e. The molecule has 1 fully saturated rings. The summed E-state index contributed by atoms with van der Waals surface area (Å²) in [4.78, 5) is 4.22. The van der Waals surface area contributed by atoms with E-state index in [4.69, 9.17) is 5.73 Å². The average Bonchev–Trinajstić information content (AvgIpc) is 2.53. The minimum absolute atomic E-state index is 0.327. The van der Waals surface area contributed by atoms with Crippen LogP contribution in [0.4, 0.5) is 0 Å². The van der Waals surface area contributed by atoms with Gasteiger partial charge in [-0.15, -0.1) is 0 Å². The van der Waals surface area contributed by atoms with Crippen molar-refractivity contribution < 1.29 is 10.2 Å². The Bertz CT molecular complexity index is 393. The summed E-state index contributed by atoms with van der Waals surface area (Å²) in [6, 6.07) is 5.41. The molecule has 4 N–H and O–H groups in total. The minimum Gasteiger partial charge on any atom is -0.390 e. The van der Waals surface area contributed by atoms with Gasteiger partial charge in [0.25, 0.3) is 0 Å². The first-order valence-electron chi connectivity index (χ1n) is 8.18. The number of nitrogens with zero attached hydrogens (tertiary/aromatic N) is 1. The lowest BCUT2D eigenvalue weighted by atomic mass is 9.83. The molecule has 1 aliphatic carbocycles. The summed E-state index contributed by atoms with van der Waals surface area (Å²) >= 11 is 0. The van der Waals surface area contributed by atoms with E-state index in [1.807, 2.05) is 18.2 Å². The second kappa shape index (κ2) is 8.47. The molecule has 21 heavy (non-hydrogen) atoms. The normalized spacial score (nSPS) is 20.9. The molecule has 0 radical (unpaired) electrons. The van der Waals surface area contributed by atoms with Gasteiger partial charge in [0, 0.05) is 17.9 Å². The molecule has 4 nitrogen and oxygen atoms in total. The van der Waals surface area contributed by atoms with E-state index in [2.05, 4.69) is 4.98 Å². The number of aliphatic hydroxyl groups is 2. The summed E-state index contributed by atoms with van der Waals surface area (Å²) in [5.74, 6) is 0.617. The molecule has 1 aromatic rings. The Balaban J connectivity index is 1.73. The molecule has 0 spiro atoms. The molecule has 1 aliphatic rings. The standard InChI is InChI=1S/C17H28N2O2/c18-15(12-13-6-2-1-3-7-13)17(21)16(20)10-9-14-8-4-5-11-19-14/h4-5,8,11,13,15-17,20-21H,1-3,6-7,9-10,12,18H2/t15-,16-,17+/m0/s1. The van der Waals surface area contributed by atoms with Crippen LogP contribution in [0.25, 0.3) is 0 Å². The summed E-state index contributed by atoms with van der Waals surface area (Å²) in [5.41, 5.74) is 7.03. The van der Waals surface area contributed by atoms with Crippen LogP contribution in [0.5, 0.6) is 0 Å². The average molecular weight is 292 g/mol. The van der Waals surface area contributed by atoms with Gasteiger partial charge in [-0.25, -0.2) is 0 Å². The Morgan fingerprint density at radius 2 is 1.95 bits per heavy atom. The second-order valence-corrected chi connectivity index (χ2v) is 6.32. The van der Waals surface area contributed by atoms with Gasteiger partial charge in [0.1, 0.15) is 0 Å². The van der Waals surface area contributed by atoms with Gasteiger partial charge >= 0.3 is 0 Å². The Kier molecular flexibility index (Phi) is 6.61. The van der Waals surface area contributed by atoms with E-state index >= 15 is 0 Å². The summed E-state index contributed by atoms with van der Waals surface area (Å²) in [6.07, 6.45) is 8.41. The number of hydrogen-bond donors (Lipinski definition) is 3. The maximum absolute atomic E-state index is 10.2. The van der Waals surface area contributed by atoms with Crippen molar-refractivity contribution in [3.8, 4) is 0 Å². The lowest BCUT2D eigenvalue weighted by Gasteiger charge is -2.29. The number of aromatic nitrogens is 1. The summed E-state index contributed by atoms with van der Waals surface area (Å²) in [6.45, 7) is 0. The first-order valence-corrected chi connectivity index (χ1v) is 8.18. The largest absolute Gasteiger partial charge is 0.390 e. The fourth-order valence-electron chi connectivity index (χ4n) is 3.25. The Hall–Kier alpha value is -0.970. The van der Waals surface area contributed by atoms with Crippen molar-refractivity contribution in [3.63, 3.8) is 0 Å². The SMILES string of the molecule is N[C@@H](CC1CCCCC1)[C@@H](O)[C@@H](O)CCc1ccccn1. The lowest BCUT2D eigenvalue weighted by Crippen LogP contribution is -2.44. The van der Waals surface area contributed by atoms with E-state index in [1.165, 1.54) is 32.1 Å². The molecule has 0 unspecified atom stereocenters. The predicted molar refractivity (Wildman–Crippen MR) is 83.7 cm³/mol. The van der Waals surface area contributed by atoms with Crippen LogP contribution in [0.15, 0.2) is 24.4 Å². The van der Waals surface area contributed by atoms with Crippen LogP contribution in [0.2, 0.25) is 0 Å². The van der Waals surface area contributed by atoms with Crippen LogP contribution < -0.4 is 5.73 Å². The molecule has 4 heteroatoms. The molecule has 1 aromatic heterocycles. The maximum atomic E-state index is 10.2. The lowest BCUT2D eigenvalue weighted by molar-refractivity contribution is -0.00559. The molecule has 0 bridgehead atoms. The second-order valence-electron chi connectivity index (χ2n) is 6.32. The minimum atomic E-state index is -0.837. The van der Waals surface area contributed by atoms with Crippen molar-refractivity contribution in [1.82, 2.24) is 4.98 Å². The van der Waals surface area contributed by atoms with Crippen molar-refractivity contribution in [2.24, 2.45) is 11.7 Å². The van der Waals surface area contributed by atoms with E-state index in [9.17, 15) is 10.2 Å². The first-order chi connectivity index (χ1) is 10.2.